The molecule has 0 bridgehead atoms. The van der Waals surface area contributed by atoms with Gasteiger partial charge < -0.3 is 9.84 Å². The number of thioether (sulfide) groups is 1. The molecular formula is C15H14O3S. The predicted octanol–water partition coefficient (Wildman–Crippen LogP) is 3.40. The SMILES string of the molecule is COC(=O)C(Sc1cccc(O)c1)c1ccccc1. The molecule has 1 N–H and O–H groups in total. The van der Waals surface area contributed by atoms with E-state index in [1.54, 1.807) is 18.2 Å². The van der Waals surface area contributed by atoms with Gasteiger partial charge in [-0.3, -0.25) is 4.79 Å². The van der Waals surface area contributed by atoms with Crippen LogP contribution < -0.4 is 0 Å². The van der Waals surface area contributed by atoms with Crippen LogP contribution in [0.25, 0.3) is 0 Å². The zero-order valence-electron chi connectivity index (χ0n) is 10.4. The van der Waals surface area contributed by atoms with Crippen LogP contribution in [0.3, 0.4) is 0 Å². The van der Waals surface area contributed by atoms with Gasteiger partial charge in [-0.2, -0.15) is 0 Å². The van der Waals surface area contributed by atoms with Crippen molar-refractivity contribution < 1.29 is 14.6 Å². The fraction of sp³-hybridized carbons (Fsp3) is 0.133. The van der Waals surface area contributed by atoms with Crippen LogP contribution >= 0.6 is 11.8 Å². The van der Waals surface area contributed by atoms with Gasteiger partial charge in [-0.25, -0.2) is 0 Å². The van der Waals surface area contributed by atoms with Gasteiger partial charge in [0.25, 0.3) is 0 Å². The molecule has 0 saturated carbocycles. The molecule has 0 aliphatic carbocycles. The van der Waals surface area contributed by atoms with Crippen LogP contribution in [0.2, 0.25) is 0 Å². The molecule has 19 heavy (non-hydrogen) atoms. The Morgan fingerprint density at radius 1 is 1.16 bits per heavy atom. The van der Waals surface area contributed by atoms with Crippen LogP contribution in [0.4, 0.5) is 0 Å². The molecule has 2 rings (SSSR count). The van der Waals surface area contributed by atoms with Gasteiger partial charge in [0.05, 0.1) is 7.11 Å². The average molecular weight is 274 g/mol. The number of hydrogen-bond acceptors (Lipinski definition) is 4. The summed E-state index contributed by atoms with van der Waals surface area (Å²) < 4.78 is 4.85. The topological polar surface area (TPSA) is 46.5 Å². The first kappa shape index (κ1) is 13.5. The molecule has 0 saturated heterocycles. The highest BCUT2D eigenvalue weighted by Gasteiger charge is 2.22. The lowest BCUT2D eigenvalue weighted by Gasteiger charge is -2.14. The predicted molar refractivity (Wildman–Crippen MR) is 75.2 cm³/mol. The molecule has 2 aromatic carbocycles. The van der Waals surface area contributed by atoms with Gasteiger partial charge in [0.15, 0.2) is 0 Å². The van der Waals surface area contributed by atoms with E-state index in [1.165, 1.54) is 18.9 Å². The number of carbonyl (C=O) groups is 1. The number of carbonyl (C=O) groups excluding carboxylic acids is 1. The minimum atomic E-state index is -0.437. The van der Waals surface area contributed by atoms with E-state index in [2.05, 4.69) is 0 Å². The van der Waals surface area contributed by atoms with Crippen molar-refractivity contribution in [2.45, 2.75) is 10.1 Å². The fourth-order valence-electron chi connectivity index (χ4n) is 1.68. The van der Waals surface area contributed by atoms with Gasteiger partial charge in [0.1, 0.15) is 11.0 Å². The van der Waals surface area contributed by atoms with Gasteiger partial charge in [0, 0.05) is 4.90 Å². The van der Waals surface area contributed by atoms with Crippen molar-refractivity contribution in [3.05, 3.63) is 60.2 Å². The van der Waals surface area contributed by atoms with E-state index in [9.17, 15) is 9.90 Å². The molecule has 0 aromatic heterocycles. The Morgan fingerprint density at radius 3 is 2.53 bits per heavy atom. The van der Waals surface area contributed by atoms with Crippen molar-refractivity contribution in [1.82, 2.24) is 0 Å². The highest BCUT2D eigenvalue weighted by molar-refractivity contribution is 8.00. The Bertz CT molecular complexity index is 554. The quantitative estimate of drug-likeness (QED) is 0.685. The number of ether oxygens (including phenoxy) is 1. The second kappa shape index (κ2) is 6.29. The number of phenols is 1. The maximum absolute atomic E-state index is 11.9. The van der Waals surface area contributed by atoms with Crippen LogP contribution in [0.15, 0.2) is 59.5 Å². The van der Waals surface area contributed by atoms with Crippen molar-refractivity contribution in [2.75, 3.05) is 7.11 Å². The molecule has 0 aliphatic rings. The van der Waals surface area contributed by atoms with Crippen LogP contribution in [0.5, 0.6) is 5.75 Å². The highest BCUT2D eigenvalue weighted by atomic mass is 32.2. The maximum atomic E-state index is 11.9. The zero-order valence-corrected chi connectivity index (χ0v) is 11.3. The molecule has 98 valence electrons. The average Bonchev–Trinajstić information content (AvgIpc) is 2.45. The lowest BCUT2D eigenvalue weighted by atomic mass is 10.1. The molecular weight excluding hydrogens is 260 g/mol. The molecule has 0 spiro atoms. The van der Waals surface area contributed by atoms with Gasteiger partial charge in [-0.1, -0.05) is 36.4 Å². The number of methoxy groups -OCH3 is 1. The lowest BCUT2D eigenvalue weighted by Crippen LogP contribution is -2.10. The maximum Gasteiger partial charge on any atom is 0.323 e. The van der Waals surface area contributed by atoms with Crippen molar-refractivity contribution in [3.8, 4) is 5.75 Å². The molecule has 3 nitrogen and oxygen atoms in total. The molecule has 1 unspecified atom stereocenters. The van der Waals surface area contributed by atoms with Crippen LogP contribution in [0.1, 0.15) is 10.8 Å². The normalized spacial score (nSPS) is 11.8. The summed E-state index contributed by atoms with van der Waals surface area (Å²) in [4.78, 5) is 12.7. The van der Waals surface area contributed by atoms with Crippen LogP contribution in [-0.2, 0) is 9.53 Å². The number of phenolic OH excluding ortho intramolecular Hbond substituents is 1. The largest absolute Gasteiger partial charge is 0.508 e. The summed E-state index contributed by atoms with van der Waals surface area (Å²) >= 11 is 1.35. The van der Waals surface area contributed by atoms with Crippen molar-refractivity contribution in [3.63, 3.8) is 0 Å². The molecule has 2 aromatic rings. The number of esters is 1. The standard InChI is InChI=1S/C15H14O3S/c1-18-15(17)14(11-6-3-2-4-7-11)19-13-9-5-8-12(16)10-13/h2-10,14,16H,1H3. The summed E-state index contributed by atoms with van der Waals surface area (Å²) in [5.41, 5.74) is 0.877. The summed E-state index contributed by atoms with van der Waals surface area (Å²) in [6, 6.07) is 16.3. The highest BCUT2D eigenvalue weighted by Crippen LogP contribution is 2.37. The van der Waals surface area contributed by atoms with E-state index < -0.39 is 5.25 Å². The van der Waals surface area contributed by atoms with E-state index in [0.29, 0.717) is 0 Å². The number of aromatic hydroxyl groups is 1. The molecule has 0 radical (unpaired) electrons. The van der Waals surface area contributed by atoms with Crippen LogP contribution in [0, 0.1) is 0 Å². The van der Waals surface area contributed by atoms with E-state index in [1.807, 2.05) is 36.4 Å². The minimum Gasteiger partial charge on any atom is -0.508 e. The second-order valence-corrected chi connectivity index (χ2v) is 5.11. The van der Waals surface area contributed by atoms with Crippen molar-refractivity contribution >= 4 is 17.7 Å². The molecule has 4 heteroatoms. The third kappa shape index (κ3) is 3.51. The van der Waals surface area contributed by atoms with E-state index in [0.717, 1.165) is 10.5 Å². The number of hydrogen-bond donors (Lipinski definition) is 1. The van der Waals surface area contributed by atoms with Crippen molar-refractivity contribution in [2.24, 2.45) is 0 Å². The van der Waals surface area contributed by atoms with Gasteiger partial charge in [-0.15, -0.1) is 11.8 Å². The van der Waals surface area contributed by atoms with Crippen molar-refractivity contribution in [1.29, 1.82) is 0 Å². The monoisotopic (exact) mass is 274 g/mol. The summed E-state index contributed by atoms with van der Waals surface area (Å²) in [7, 11) is 1.38. The Hall–Kier alpha value is -1.94. The number of rotatable bonds is 4. The van der Waals surface area contributed by atoms with Crippen LogP contribution in [-0.4, -0.2) is 18.2 Å². The summed E-state index contributed by atoms with van der Waals surface area (Å²) in [5.74, 6) is -0.124. The summed E-state index contributed by atoms with van der Waals surface area (Å²) in [6.45, 7) is 0. The number of benzene rings is 2. The van der Waals surface area contributed by atoms with Gasteiger partial charge in [0.2, 0.25) is 0 Å². The minimum absolute atomic E-state index is 0.182. The second-order valence-electron chi connectivity index (χ2n) is 3.93. The first-order valence-corrected chi connectivity index (χ1v) is 6.67. The Balaban J connectivity index is 2.27. The first-order chi connectivity index (χ1) is 9.20. The lowest BCUT2D eigenvalue weighted by molar-refractivity contribution is -0.140. The Kier molecular flexibility index (Phi) is 4.47. The third-order valence-corrected chi connectivity index (χ3v) is 3.82. The van der Waals surface area contributed by atoms with Gasteiger partial charge in [-0.05, 0) is 23.8 Å². The van der Waals surface area contributed by atoms with E-state index in [4.69, 9.17) is 4.74 Å². The first-order valence-electron chi connectivity index (χ1n) is 5.79. The Morgan fingerprint density at radius 2 is 1.89 bits per heavy atom. The zero-order chi connectivity index (χ0) is 13.7. The smallest absolute Gasteiger partial charge is 0.323 e. The molecule has 0 fully saturated rings. The molecule has 1 atom stereocenters. The molecule has 0 amide bonds. The summed E-state index contributed by atoms with van der Waals surface area (Å²) in [6.07, 6.45) is 0. The Labute approximate surface area is 116 Å². The third-order valence-electron chi connectivity index (χ3n) is 2.59. The fourth-order valence-corrected chi connectivity index (χ4v) is 2.78. The molecule has 0 aliphatic heterocycles. The summed E-state index contributed by atoms with van der Waals surface area (Å²) in [5, 5.41) is 9.03. The molecule has 0 heterocycles. The van der Waals surface area contributed by atoms with E-state index >= 15 is 0 Å². The van der Waals surface area contributed by atoms with Gasteiger partial charge >= 0.3 is 5.97 Å². The van der Waals surface area contributed by atoms with E-state index in [-0.39, 0.29) is 11.7 Å².